The Kier molecular flexibility index (Phi) is 11.1. The molecule has 0 bridgehead atoms. The van der Waals surface area contributed by atoms with Crippen LogP contribution in [0.5, 0.6) is 0 Å². The van der Waals surface area contributed by atoms with Crippen molar-refractivity contribution in [2.75, 3.05) is 18.4 Å². The molecule has 0 aromatic carbocycles. The maximum atomic E-state index is 6.16. The molecule has 0 saturated carbocycles. The van der Waals surface area contributed by atoms with Crippen LogP contribution in [0, 0.1) is 0 Å². The highest BCUT2D eigenvalue weighted by Gasteiger charge is 2.33. The minimum Gasteiger partial charge on any atom is -0.383 e. The summed E-state index contributed by atoms with van der Waals surface area (Å²) < 4.78 is 0. The van der Waals surface area contributed by atoms with Gasteiger partial charge in [-0.05, 0) is 72.9 Å². The third-order valence-electron chi connectivity index (χ3n) is 6.99. The van der Waals surface area contributed by atoms with Crippen LogP contribution in [0.2, 0.25) is 0 Å². The molecule has 0 spiro atoms. The number of amidine groups is 2. The van der Waals surface area contributed by atoms with Gasteiger partial charge in [0.15, 0.2) is 0 Å². The largest absolute Gasteiger partial charge is 0.383 e. The molecule has 2 heterocycles. The Labute approximate surface area is 235 Å². The highest BCUT2D eigenvalue weighted by atomic mass is 15.2. The van der Waals surface area contributed by atoms with Gasteiger partial charge in [0.2, 0.25) is 0 Å². The molecule has 0 radical (unpaired) electrons. The molecule has 1 aromatic heterocycles. The number of hydrogen-bond acceptors (Lipinski definition) is 6. The molecule has 0 atom stereocenters. The summed E-state index contributed by atoms with van der Waals surface area (Å²) in [5, 5.41) is 9.76. The number of aliphatic imine (C=N–C) groups is 2. The molecule has 39 heavy (non-hydrogen) atoms. The first-order chi connectivity index (χ1) is 18.3. The molecule has 212 valence electrons. The van der Waals surface area contributed by atoms with Gasteiger partial charge in [-0.15, -0.1) is 0 Å². The highest BCUT2D eigenvalue weighted by molar-refractivity contribution is 6.01. The van der Waals surface area contributed by atoms with Crippen LogP contribution in [0.4, 0.5) is 5.82 Å². The van der Waals surface area contributed by atoms with Gasteiger partial charge in [-0.25, -0.2) is 9.98 Å². The number of likely N-dealkylation sites (tertiary alicyclic amines) is 1. The molecule has 1 saturated heterocycles. The first-order valence-corrected chi connectivity index (χ1v) is 13.6. The summed E-state index contributed by atoms with van der Waals surface area (Å²) in [4.78, 5) is 16.3. The van der Waals surface area contributed by atoms with E-state index < -0.39 is 0 Å². The van der Waals surface area contributed by atoms with Gasteiger partial charge in [-0.1, -0.05) is 38.8 Å². The van der Waals surface area contributed by atoms with Crippen molar-refractivity contribution in [3.8, 4) is 0 Å². The Balaban J connectivity index is 2.04. The van der Waals surface area contributed by atoms with Crippen LogP contribution >= 0.6 is 0 Å². The van der Waals surface area contributed by atoms with Crippen molar-refractivity contribution >= 4 is 23.2 Å². The average molecular weight is 533 g/mol. The van der Waals surface area contributed by atoms with E-state index in [0.717, 1.165) is 72.4 Å². The van der Waals surface area contributed by atoms with Gasteiger partial charge in [0.05, 0.1) is 17.2 Å². The van der Waals surface area contributed by atoms with E-state index in [4.69, 9.17) is 10.7 Å². The summed E-state index contributed by atoms with van der Waals surface area (Å²) in [5.41, 5.74) is 11.2. The smallest absolute Gasteiger partial charge is 0.132 e. The maximum absolute atomic E-state index is 6.16. The second kappa shape index (κ2) is 13.8. The SMILES string of the molecule is C=C(Nc1cc(C(=C)N2CCC(CC)(N=C(C)NC(=C)C(=C)C(N)=NC(C)=C(C)C)CC2)ccn1)NC(C)C. The van der Waals surface area contributed by atoms with Crippen LogP contribution in [-0.2, 0) is 0 Å². The summed E-state index contributed by atoms with van der Waals surface area (Å²) in [6.45, 7) is 32.5. The van der Waals surface area contributed by atoms with E-state index in [0.29, 0.717) is 17.1 Å². The summed E-state index contributed by atoms with van der Waals surface area (Å²) in [6.07, 6.45) is 4.58. The Bertz CT molecular complexity index is 1170. The molecule has 0 amide bonds. The number of piperidine rings is 1. The van der Waals surface area contributed by atoms with Crippen molar-refractivity contribution in [2.24, 2.45) is 15.7 Å². The first kappa shape index (κ1) is 31.4. The molecule has 0 aliphatic carbocycles. The zero-order valence-electron chi connectivity index (χ0n) is 25.0. The molecule has 8 nitrogen and oxygen atoms in total. The normalized spacial score (nSPS) is 15.4. The molecular weight excluding hydrogens is 484 g/mol. The van der Waals surface area contributed by atoms with Crippen LogP contribution in [0.1, 0.15) is 73.3 Å². The molecule has 5 N–H and O–H groups in total. The van der Waals surface area contributed by atoms with E-state index in [-0.39, 0.29) is 11.6 Å². The Morgan fingerprint density at radius 3 is 2.33 bits per heavy atom. The molecule has 1 fully saturated rings. The monoisotopic (exact) mass is 532 g/mol. The summed E-state index contributed by atoms with van der Waals surface area (Å²) in [7, 11) is 0. The van der Waals surface area contributed by atoms with E-state index >= 15 is 0 Å². The van der Waals surface area contributed by atoms with Gasteiger partial charge in [0, 0.05) is 53.6 Å². The van der Waals surface area contributed by atoms with Crippen LogP contribution in [0.25, 0.3) is 5.70 Å². The maximum Gasteiger partial charge on any atom is 0.132 e. The number of aromatic nitrogens is 1. The Hall–Kier alpha value is -3.81. The lowest BCUT2D eigenvalue weighted by Crippen LogP contribution is -2.43. The van der Waals surface area contributed by atoms with Crippen molar-refractivity contribution < 1.29 is 0 Å². The standard InChI is InChI=1S/C31H48N8/c1-12-31(38-27(11)35-24(8)22(6)30(32)36-23(7)20(2)3)14-17-39(18-15-31)25(9)28-13-16-33-29(19-28)37-26(10)34-21(4)5/h13,16,19,21,34H,6,8-10,12,14-15,17-18H2,1-5,7,11H3,(H2,32,36)(H,33,37)(H,35,38). The fourth-order valence-corrected chi connectivity index (χ4v) is 4.33. The number of nitrogens with zero attached hydrogens (tertiary/aromatic N) is 4. The van der Waals surface area contributed by atoms with E-state index in [1.165, 1.54) is 0 Å². The van der Waals surface area contributed by atoms with Crippen molar-refractivity contribution in [2.45, 2.75) is 79.3 Å². The lowest BCUT2D eigenvalue weighted by Gasteiger charge is -2.41. The van der Waals surface area contributed by atoms with Gasteiger partial charge in [0.25, 0.3) is 0 Å². The van der Waals surface area contributed by atoms with E-state index in [2.05, 4.69) is 77.9 Å². The average Bonchev–Trinajstić information content (AvgIpc) is 2.87. The lowest BCUT2D eigenvalue weighted by atomic mass is 9.85. The Morgan fingerprint density at radius 2 is 1.77 bits per heavy atom. The van der Waals surface area contributed by atoms with Gasteiger partial charge in [-0.3, -0.25) is 4.99 Å². The van der Waals surface area contributed by atoms with Gasteiger partial charge in [-0.2, -0.15) is 0 Å². The second-order valence-electron chi connectivity index (χ2n) is 10.7. The van der Waals surface area contributed by atoms with E-state index in [9.17, 15) is 0 Å². The summed E-state index contributed by atoms with van der Waals surface area (Å²) >= 11 is 0. The molecule has 8 heteroatoms. The van der Waals surface area contributed by atoms with Gasteiger partial charge in [0.1, 0.15) is 11.7 Å². The third-order valence-corrected chi connectivity index (χ3v) is 6.99. The molecule has 1 aromatic rings. The van der Waals surface area contributed by atoms with Crippen LogP contribution in [0.3, 0.4) is 0 Å². The summed E-state index contributed by atoms with van der Waals surface area (Å²) in [5.74, 6) is 2.60. The molecule has 0 unspecified atom stereocenters. The fraction of sp³-hybridized carbons (Fsp3) is 0.452. The lowest BCUT2D eigenvalue weighted by molar-refractivity contribution is 0.216. The fourth-order valence-electron chi connectivity index (χ4n) is 4.33. The van der Waals surface area contributed by atoms with Gasteiger partial charge < -0.3 is 26.6 Å². The van der Waals surface area contributed by atoms with Crippen LogP contribution < -0.4 is 21.7 Å². The summed E-state index contributed by atoms with van der Waals surface area (Å²) in [6, 6.07) is 4.29. The predicted octanol–water partition coefficient (Wildman–Crippen LogP) is 5.93. The highest BCUT2D eigenvalue weighted by Crippen LogP contribution is 2.33. The number of rotatable bonds is 12. The van der Waals surface area contributed by atoms with Crippen molar-refractivity contribution in [3.63, 3.8) is 0 Å². The third kappa shape index (κ3) is 9.16. The quantitative estimate of drug-likeness (QED) is 0.151. The van der Waals surface area contributed by atoms with Crippen molar-refractivity contribution in [1.82, 2.24) is 20.5 Å². The van der Waals surface area contributed by atoms with Gasteiger partial charge >= 0.3 is 0 Å². The number of nitrogens with one attached hydrogen (secondary N) is 3. The van der Waals surface area contributed by atoms with E-state index in [1.807, 2.05) is 39.8 Å². The van der Waals surface area contributed by atoms with Crippen molar-refractivity contribution in [1.29, 1.82) is 0 Å². The van der Waals surface area contributed by atoms with Crippen LogP contribution in [0.15, 0.2) is 83.0 Å². The number of nitrogens with two attached hydrogens (primary N) is 1. The number of pyridine rings is 1. The van der Waals surface area contributed by atoms with Crippen molar-refractivity contribution in [3.05, 3.63) is 78.6 Å². The molecule has 2 rings (SSSR count). The zero-order chi connectivity index (χ0) is 29.3. The van der Waals surface area contributed by atoms with E-state index in [1.54, 1.807) is 6.20 Å². The number of anilines is 1. The predicted molar refractivity (Wildman–Crippen MR) is 168 cm³/mol. The molecular formula is C31H48N8. The minimum atomic E-state index is -0.154. The Morgan fingerprint density at radius 1 is 1.13 bits per heavy atom. The number of hydrogen-bond donors (Lipinski definition) is 4. The zero-order valence-corrected chi connectivity index (χ0v) is 25.0. The second-order valence-corrected chi connectivity index (χ2v) is 10.7. The molecule has 1 aliphatic rings. The topological polar surface area (TPSA) is 103 Å². The molecule has 1 aliphatic heterocycles. The number of allylic oxidation sites excluding steroid dienone is 2. The first-order valence-electron chi connectivity index (χ1n) is 13.6. The van der Waals surface area contributed by atoms with Crippen LogP contribution in [-0.4, -0.2) is 46.2 Å². The minimum absolute atomic E-state index is 0.154.